The van der Waals surface area contributed by atoms with Gasteiger partial charge in [0, 0.05) is 18.7 Å². The molecule has 0 aliphatic rings. The minimum Gasteiger partial charge on any atom is -0.396 e. The van der Waals surface area contributed by atoms with Crippen LogP contribution in [0.2, 0.25) is 0 Å². The number of aliphatic hydroxyl groups is 1. The maximum absolute atomic E-state index is 8.98. The van der Waals surface area contributed by atoms with E-state index >= 15 is 0 Å². The third-order valence-corrected chi connectivity index (χ3v) is 4.25. The van der Waals surface area contributed by atoms with E-state index in [1.807, 2.05) is 48.7 Å². The topological polar surface area (TPSA) is 70.9 Å². The van der Waals surface area contributed by atoms with E-state index in [-0.39, 0.29) is 6.61 Å². The molecule has 0 saturated carbocycles. The molecule has 0 atom stereocenters. The zero-order chi connectivity index (χ0) is 16.1. The van der Waals surface area contributed by atoms with Gasteiger partial charge in [0.15, 0.2) is 11.6 Å². The lowest BCUT2D eigenvalue weighted by Gasteiger charge is -2.10. The standard InChI is InChI=1S/C17H18N4OS/c1-12-5-7-13(8-6-12)15-17(18-9-3-10-22)19-16(21-20-15)14-4-2-11-23-14/h2,4-8,11,22H,3,9-10H2,1H3,(H,18,19,21). The summed E-state index contributed by atoms with van der Waals surface area (Å²) in [6.07, 6.45) is 0.658. The molecule has 2 aromatic heterocycles. The number of aryl methyl sites for hydroxylation is 1. The van der Waals surface area contributed by atoms with Crippen LogP contribution in [0.25, 0.3) is 22.0 Å². The Morgan fingerprint density at radius 2 is 1.96 bits per heavy atom. The highest BCUT2D eigenvalue weighted by atomic mass is 32.1. The van der Waals surface area contributed by atoms with Gasteiger partial charge in [-0.05, 0) is 24.8 Å². The van der Waals surface area contributed by atoms with Crippen molar-refractivity contribution in [3.8, 4) is 22.0 Å². The molecule has 0 spiro atoms. The molecule has 0 unspecified atom stereocenters. The Balaban J connectivity index is 1.98. The van der Waals surface area contributed by atoms with Crippen LogP contribution >= 0.6 is 11.3 Å². The Labute approximate surface area is 139 Å². The van der Waals surface area contributed by atoms with Gasteiger partial charge in [0.2, 0.25) is 0 Å². The van der Waals surface area contributed by atoms with Crippen molar-refractivity contribution < 1.29 is 5.11 Å². The molecule has 0 amide bonds. The summed E-state index contributed by atoms with van der Waals surface area (Å²) in [5.74, 6) is 1.31. The summed E-state index contributed by atoms with van der Waals surface area (Å²) in [4.78, 5) is 5.61. The van der Waals surface area contributed by atoms with Gasteiger partial charge in [-0.2, -0.15) is 0 Å². The molecule has 3 rings (SSSR count). The quantitative estimate of drug-likeness (QED) is 0.680. The normalized spacial score (nSPS) is 10.7. The van der Waals surface area contributed by atoms with Crippen LogP contribution < -0.4 is 5.32 Å². The van der Waals surface area contributed by atoms with Gasteiger partial charge in [-0.15, -0.1) is 21.5 Å². The number of nitrogens with zero attached hydrogens (tertiary/aromatic N) is 3. The second-order valence-electron chi connectivity index (χ2n) is 5.18. The van der Waals surface area contributed by atoms with E-state index in [1.165, 1.54) is 5.56 Å². The van der Waals surface area contributed by atoms with Gasteiger partial charge in [-0.3, -0.25) is 0 Å². The molecule has 0 saturated heterocycles. The van der Waals surface area contributed by atoms with E-state index in [2.05, 4.69) is 20.5 Å². The largest absolute Gasteiger partial charge is 0.396 e. The average Bonchev–Trinajstić information content (AvgIpc) is 3.10. The lowest BCUT2D eigenvalue weighted by atomic mass is 10.1. The molecular weight excluding hydrogens is 308 g/mol. The van der Waals surface area contributed by atoms with Crippen LogP contribution in [0.1, 0.15) is 12.0 Å². The Morgan fingerprint density at radius 3 is 2.65 bits per heavy atom. The highest BCUT2D eigenvalue weighted by molar-refractivity contribution is 7.13. The number of hydrogen-bond donors (Lipinski definition) is 2. The van der Waals surface area contributed by atoms with Crippen LogP contribution in [-0.4, -0.2) is 33.4 Å². The summed E-state index contributed by atoms with van der Waals surface area (Å²) < 4.78 is 0. The van der Waals surface area contributed by atoms with Gasteiger partial charge in [-0.25, -0.2) is 4.98 Å². The number of anilines is 1. The van der Waals surface area contributed by atoms with Gasteiger partial charge in [0.05, 0.1) is 4.88 Å². The number of benzene rings is 1. The molecule has 0 radical (unpaired) electrons. The predicted octanol–water partition coefficient (Wildman–Crippen LogP) is 3.37. The molecule has 0 fully saturated rings. The molecule has 118 valence electrons. The van der Waals surface area contributed by atoms with E-state index < -0.39 is 0 Å². The van der Waals surface area contributed by atoms with Crippen LogP contribution in [-0.2, 0) is 0 Å². The highest BCUT2D eigenvalue weighted by Gasteiger charge is 2.12. The van der Waals surface area contributed by atoms with Gasteiger partial charge in [-0.1, -0.05) is 35.9 Å². The molecule has 3 aromatic rings. The monoisotopic (exact) mass is 326 g/mol. The highest BCUT2D eigenvalue weighted by Crippen LogP contribution is 2.27. The minimum absolute atomic E-state index is 0.142. The van der Waals surface area contributed by atoms with Gasteiger partial charge in [0.1, 0.15) is 5.69 Å². The third kappa shape index (κ3) is 3.72. The summed E-state index contributed by atoms with van der Waals surface area (Å²) in [5.41, 5.74) is 2.89. The summed E-state index contributed by atoms with van der Waals surface area (Å²) in [6, 6.07) is 12.1. The van der Waals surface area contributed by atoms with Crippen molar-refractivity contribution in [2.24, 2.45) is 0 Å². The smallest absolute Gasteiger partial charge is 0.193 e. The van der Waals surface area contributed by atoms with Crippen molar-refractivity contribution in [1.29, 1.82) is 0 Å². The van der Waals surface area contributed by atoms with E-state index in [4.69, 9.17) is 5.11 Å². The zero-order valence-corrected chi connectivity index (χ0v) is 13.7. The first kappa shape index (κ1) is 15.6. The molecule has 2 N–H and O–H groups in total. The van der Waals surface area contributed by atoms with Gasteiger partial charge in [0.25, 0.3) is 0 Å². The van der Waals surface area contributed by atoms with Crippen molar-refractivity contribution in [1.82, 2.24) is 15.2 Å². The second kappa shape index (κ2) is 7.30. The Morgan fingerprint density at radius 1 is 1.13 bits per heavy atom. The van der Waals surface area contributed by atoms with Crippen LogP contribution in [0.15, 0.2) is 41.8 Å². The first-order valence-corrected chi connectivity index (χ1v) is 8.36. The number of thiophene rings is 1. The molecular formula is C17H18N4OS. The molecule has 1 aromatic carbocycles. The first-order valence-electron chi connectivity index (χ1n) is 7.48. The minimum atomic E-state index is 0.142. The maximum Gasteiger partial charge on any atom is 0.193 e. The fraction of sp³-hybridized carbons (Fsp3) is 0.235. The molecule has 2 heterocycles. The Kier molecular flexibility index (Phi) is 4.95. The van der Waals surface area contributed by atoms with Crippen molar-refractivity contribution in [3.05, 3.63) is 47.3 Å². The van der Waals surface area contributed by atoms with Crippen LogP contribution in [0, 0.1) is 6.92 Å². The van der Waals surface area contributed by atoms with Crippen LogP contribution in [0.4, 0.5) is 5.82 Å². The van der Waals surface area contributed by atoms with Crippen molar-refractivity contribution in [2.45, 2.75) is 13.3 Å². The zero-order valence-electron chi connectivity index (χ0n) is 12.9. The number of aromatic nitrogens is 3. The van der Waals surface area contributed by atoms with Crippen molar-refractivity contribution >= 4 is 17.2 Å². The molecule has 0 aliphatic heterocycles. The maximum atomic E-state index is 8.98. The first-order chi connectivity index (χ1) is 11.3. The fourth-order valence-corrected chi connectivity index (χ4v) is 2.80. The van der Waals surface area contributed by atoms with Crippen LogP contribution in [0.3, 0.4) is 0 Å². The molecule has 0 bridgehead atoms. The summed E-state index contributed by atoms with van der Waals surface area (Å²) >= 11 is 1.58. The SMILES string of the molecule is Cc1ccc(-c2nnc(-c3cccs3)nc2NCCCO)cc1. The lowest BCUT2D eigenvalue weighted by Crippen LogP contribution is -2.09. The third-order valence-electron chi connectivity index (χ3n) is 3.38. The van der Waals surface area contributed by atoms with Gasteiger partial charge >= 0.3 is 0 Å². The van der Waals surface area contributed by atoms with E-state index in [9.17, 15) is 0 Å². The summed E-state index contributed by atoms with van der Waals surface area (Å²) in [7, 11) is 0. The van der Waals surface area contributed by atoms with E-state index in [0.717, 1.165) is 16.1 Å². The van der Waals surface area contributed by atoms with E-state index in [0.29, 0.717) is 24.6 Å². The fourth-order valence-electron chi connectivity index (χ4n) is 2.15. The number of hydrogen-bond acceptors (Lipinski definition) is 6. The van der Waals surface area contributed by atoms with Crippen molar-refractivity contribution in [2.75, 3.05) is 18.5 Å². The number of nitrogens with one attached hydrogen (secondary N) is 1. The Bertz CT molecular complexity index is 757. The summed E-state index contributed by atoms with van der Waals surface area (Å²) in [6.45, 7) is 2.83. The number of aliphatic hydroxyl groups excluding tert-OH is 1. The molecule has 5 nitrogen and oxygen atoms in total. The average molecular weight is 326 g/mol. The van der Waals surface area contributed by atoms with Crippen LogP contribution in [0.5, 0.6) is 0 Å². The summed E-state index contributed by atoms with van der Waals surface area (Å²) in [5, 5.41) is 22.9. The van der Waals surface area contributed by atoms with Crippen molar-refractivity contribution in [3.63, 3.8) is 0 Å². The molecule has 23 heavy (non-hydrogen) atoms. The second-order valence-corrected chi connectivity index (χ2v) is 6.13. The van der Waals surface area contributed by atoms with E-state index in [1.54, 1.807) is 11.3 Å². The predicted molar refractivity (Wildman–Crippen MR) is 93.5 cm³/mol. The molecule has 0 aliphatic carbocycles. The number of rotatable bonds is 6. The van der Waals surface area contributed by atoms with Gasteiger partial charge < -0.3 is 10.4 Å². The molecule has 6 heteroatoms. The Hall–Kier alpha value is -2.31. The lowest BCUT2D eigenvalue weighted by molar-refractivity contribution is 0.292.